The first-order valence-corrected chi connectivity index (χ1v) is 8.22. The Balaban J connectivity index is 2.44. The van der Waals surface area contributed by atoms with E-state index in [-0.39, 0.29) is 5.38 Å². The predicted molar refractivity (Wildman–Crippen MR) is 71.4 cm³/mol. The molecule has 1 fully saturated rings. The summed E-state index contributed by atoms with van der Waals surface area (Å²) in [5, 5.41) is -0.114. The highest BCUT2D eigenvalue weighted by atomic mass is 35.5. The summed E-state index contributed by atoms with van der Waals surface area (Å²) in [7, 11) is -3.33. The minimum Gasteiger partial charge on any atom is -0.201 e. The molecule has 1 saturated heterocycles. The highest BCUT2D eigenvalue weighted by Crippen LogP contribution is 2.17. The average molecular weight is 283 g/mol. The highest BCUT2D eigenvalue weighted by Gasteiger charge is 2.26. The lowest BCUT2D eigenvalue weighted by Gasteiger charge is -2.30. The van der Waals surface area contributed by atoms with E-state index in [1.165, 1.54) is 4.31 Å². The van der Waals surface area contributed by atoms with Gasteiger partial charge in [-0.25, -0.2) is 4.72 Å². The van der Waals surface area contributed by atoms with Gasteiger partial charge in [-0.1, -0.05) is 20.3 Å². The molecule has 0 aromatic carbocycles. The van der Waals surface area contributed by atoms with Gasteiger partial charge in [0.05, 0.1) is 0 Å². The molecule has 0 bridgehead atoms. The average Bonchev–Trinajstić information content (AvgIpc) is 2.27. The summed E-state index contributed by atoms with van der Waals surface area (Å²) >= 11 is 6.01. The largest absolute Gasteiger partial charge is 0.279 e. The number of halogens is 1. The SMILES string of the molecule is CCCC(Cl)CNS(=O)(=O)N1CCCC(C)C1. The van der Waals surface area contributed by atoms with Crippen molar-refractivity contribution in [2.75, 3.05) is 19.6 Å². The number of nitrogens with one attached hydrogen (secondary N) is 1. The van der Waals surface area contributed by atoms with Crippen molar-refractivity contribution in [3.8, 4) is 0 Å². The molecule has 0 amide bonds. The third kappa shape index (κ3) is 5.12. The van der Waals surface area contributed by atoms with Gasteiger partial charge >= 0.3 is 0 Å². The quantitative estimate of drug-likeness (QED) is 0.757. The molecule has 0 aliphatic carbocycles. The lowest BCUT2D eigenvalue weighted by atomic mass is 10.0. The van der Waals surface area contributed by atoms with Crippen LogP contribution in [0.4, 0.5) is 0 Å². The summed E-state index contributed by atoms with van der Waals surface area (Å²) in [6.07, 6.45) is 3.86. The van der Waals surface area contributed by atoms with Crippen molar-refractivity contribution >= 4 is 21.8 Å². The number of hydrogen-bond donors (Lipinski definition) is 1. The summed E-state index contributed by atoms with van der Waals surface area (Å²) in [5.74, 6) is 0.447. The van der Waals surface area contributed by atoms with Gasteiger partial charge in [-0.3, -0.25) is 0 Å². The second-order valence-electron chi connectivity index (χ2n) is 4.84. The van der Waals surface area contributed by atoms with Crippen molar-refractivity contribution < 1.29 is 8.42 Å². The fourth-order valence-electron chi connectivity index (χ4n) is 2.07. The lowest BCUT2D eigenvalue weighted by molar-refractivity contribution is 0.278. The van der Waals surface area contributed by atoms with Crippen LogP contribution < -0.4 is 4.72 Å². The topological polar surface area (TPSA) is 49.4 Å². The molecule has 0 aromatic rings. The van der Waals surface area contributed by atoms with Crippen LogP contribution in [0.5, 0.6) is 0 Å². The summed E-state index contributed by atoms with van der Waals surface area (Å²) in [4.78, 5) is 0. The summed E-state index contributed by atoms with van der Waals surface area (Å²) in [6, 6.07) is 0. The molecule has 17 heavy (non-hydrogen) atoms. The van der Waals surface area contributed by atoms with E-state index in [2.05, 4.69) is 11.6 Å². The van der Waals surface area contributed by atoms with Crippen molar-refractivity contribution in [3.05, 3.63) is 0 Å². The first kappa shape index (κ1) is 15.2. The van der Waals surface area contributed by atoms with Crippen molar-refractivity contribution in [1.82, 2.24) is 9.03 Å². The minimum absolute atomic E-state index is 0.114. The Morgan fingerprint density at radius 3 is 2.82 bits per heavy atom. The molecule has 0 radical (unpaired) electrons. The molecule has 0 spiro atoms. The van der Waals surface area contributed by atoms with Crippen LogP contribution in [0.2, 0.25) is 0 Å². The minimum atomic E-state index is -3.33. The third-order valence-corrected chi connectivity index (χ3v) is 4.96. The van der Waals surface area contributed by atoms with Gasteiger partial charge in [-0.05, 0) is 25.2 Å². The van der Waals surface area contributed by atoms with Gasteiger partial charge in [0.15, 0.2) is 0 Å². The van der Waals surface area contributed by atoms with E-state index in [1.54, 1.807) is 0 Å². The van der Waals surface area contributed by atoms with Gasteiger partial charge in [0, 0.05) is 25.0 Å². The number of alkyl halides is 1. The van der Waals surface area contributed by atoms with Gasteiger partial charge in [-0.15, -0.1) is 11.6 Å². The smallest absolute Gasteiger partial charge is 0.201 e. The van der Waals surface area contributed by atoms with Crippen LogP contribution in [0.1, 0.15) is 39.5 Å². The van der Waals surface area contributed by atoms with Gasteiger partial charge < -0.3 is 0 Å². The van der Waals surface area contributed by atoms with Gasteiger partial charge in [0.1, 0.15) is 0 Å². The summed E-state index contributed by atoms with van der Waals surface area (Å²) in [5.41, 5.74) is 0. The van der Waals surface area contributed by atoms with Crippen LogP contribution in [-0.4, -0.2) is 37.7 Å². The van der Waals surface area contributed by atoms with Crippen LogP contribution in [0.15, 0.2) is 0 Å². The molecule has 1 heterocycles. The first-order valence-electron chi connectivity index (χ1n) is 6.34. The number of hydrogen-bond acceptors (Lipinski definition) is 2. The summed E-state index contributed by atoms with van der Waals surface area (Å²) < 4.78 is 28.1. The van der Waals surface area contributed by atoms with Crippen molar-refractivity contribution in [2.24, 2.45) is 5.92 Å². The molecule has 6 heteroatoms. The van der Waals surface area contributed by atoms with Crippen molar-refractivity contribution in [2.45, 2.75) is 44.9 Å². The van der Waals surface area contributed by atoms with Crippen molar-refractivity contribution in [3.63, 3.8) is 0 Å². The zero-order chi connectivity index (χ0) is 12.9. The second kappa shape index (κ2) is 6.92. The predicted octanol–water partition coefficient (Wildman–Crippen LogP) is 1.96. The van der Waals surface area contributed by atoms with Gasteiger partial charge in [0.2, 0.25) is 0 Å². The third-order valence-electron chi connectivity index (χ3n) is 3.05. The summed E-state index contributed by atoms with van der Waals surface area (Å²) in [6.45, 7) is 5.69. The van der Waals surface area contributed by atoms with Crippen LogP contribution in [0.3, 0.4) is 0 Å². The maximum absolute atomic E-state index is 12.0. The van der Waals surface area contributed by atoms with Gasteiger partial charge in [-0.2, -0.15) is 12.7 Å². The molecule has 2 unspecified atom stereocenters. The number of nitrogens with zero attached hydrogens (tertiary/aromatic N) is 1. The molecule has 0 aromatic heterocycles. The fraction of sp³-hybridized carbons (Fsp3) is 1.00. The maximum Gasteiger partial charge on any atom is 0.279 e. The van der Waals surface area contributed by atoms with Gasteiger partial charge in [0.25, 0.3) is 10.2 Å². The van der Waals surface area contributed by atoms with E-state index in [0.29, 0.717) is 25.6 Å². The second-order valence-corrected chi connectivity index (χ2v) is 7.22. The maximum atomic E-state index is 12.0. The van der Waals surface area contributed by atoms with Crippen LogP contribution in [0.25, 0.3) is 0 Å². The van der Waals surface area contributed by atoms with E-state index < -0.39 is 10.2 Å². The zero-order valence-electron chi connectivity index (χ0n) is 10.7. The standard InChI is InChI=1S/C11H23ClN2O2S/c1-3-5-11(12)8-13-17(15,16)14-7-4-6-10(2)9-14/h10-11,13H,3-9H2,1-2H3. The Labute approximate surface area is 110 Å². The van der Waals surface area contributed by atoms with E-state index in [4.69, 9.17) is 11.6 Å². The Kier molecular flexibility index (Phi) is 6.20. The Hall–Kier alpha value is 0.160. The normalized spacial score (nSPS) is 24.8. The number of rotatable bonds is 6. The molecular weight excluding hydrogens is 260 g/mol. The highest BCUT2D eigenvalue weighted by molar-refractivity contribution is 7.87. The van der Waals surface area contributed by atoms with Crippen LogP contribution in [-0.2, 0) is 10.2 Å². The molecule has 2 atom stereocenters. The monoisotopic (exact) mass is 282 g/mol. The molecule has 1 aliphatic heterocycles. The van der Waals surface area contributed by atoms with E-state index in [9.17, 15) is 8.42 Å². The molecule has 0 saturated carbocycles. The molecule has 1 N–H and O–H groups in total. The Morgan fingerprint density at radius 1 is 1.53 bits per heavy atom. The van der Waals surface area contributed by atoms with E-state index in [1.807, 2.05) is 6.92 Å². The van der Waals surface area contributed by atoms with Crippen molar-refractivity contribution in [1.29, 1.82) is 0 Å². The fourth-order valence-corrected chi connectivity index (χ4v) is 3.87. The Morgan fingerprint density at radius 2 is 2.24 bits per heavy atom. The van der Waals surface area contributed by atoms with Crippen LogP contribution in [0, 0.1) is 5.92 Å². The zero-order valence-corrected chi connectivity index (χ0v) is 12.2. The Bertz CT molecular complexity index is 321. The number of piperidine rings is 1. The first-order chi connectivity index (χ1) is 7.95. The molecule has 4 nitrogen and oxygen atoms in total. The lowest BCUT2D eigenvalue weighted by Crippen LogP contribution is -2.46. The molecule has 1 rings (SSSR count). The molecular formula is C11H23ClN2O2S. The van der Waals surface area contributed by atoms with Crippen LogP contribution >= 0.6 is 11.6 Å². The molecule has 1 aliphatic rings. The van der Waals surface area contributed by atoms with E-state index in [0.717, 1.165) is 25.7 Å². The van der Waals surface area contributed by atoms with E-state index >= 15 is 0 Å². The molecule has 102 valence electrons.